The van der Waals surface area contributed by atoms with Gasteiger partial charge in [-0.3, -0.25) is 9.69 Å². The highest BCUT2D eigenvalue weighted by atomic mass is 16.3. The van der Waals surface area contributed by atoms with E-state index in [0.29, 0.717) is 30.6 Å². The summed E-state index contributed by atoms with van der Waals surface area (Å²) in [6, 6.07) is 9.29. The monoisotopic (exact) mass is 313 g/mol. The Labute approximate surface area is 137 Å². The molecule has 1 aliphatic carbocycles. The number of rotatable bonds is 5. The Kier molecular flexibility index (Phi) is 4.94. The maximum absolute atomic E-state index is 12.8. The van der Waals surface area contributed by atoms with Gasteiger partial charge < -0.3 is 10.0 Å². The molecule has 1 aliphatic heterocycles. The molecule has 1 amide bonds. The van der Waals surface area contributed by atoms with E-state index in [1.165, 1.54) is 12.8 Å². The summed E-state index contributed by atoms with van der Waals surface area (Å²) in [5.74, 6) is 0.730. The molecule has 1 N–H and O–H groups in total. The molecule has 0 radical (unpaired) electrons. The summed E-state index contributed by atoms with van der Waals surface area (Å²) in [7, 11) is 0. The van der Waals surface area contributed by atoms with Gasteiger partial charge in [0, 0.05) is 38.8 Å². The lowest BCUT2D eigenvalue weighted by Gasteiger charge is -2.41. The Bertz CT molecular complexity index is 607. The Morgan fingerprint density at radius 1 is 1.30 bits per heavy atom. The first-order chi connectivity index (χ1) is 11.2. The van der Waals surface area contributed by atoms with Crippen molar-refractivity contribution >= 4 is 5.91 Å². The van der Waals surface area contributed by atoms with E-state index >= 15 is 0 Å². The summed E-state index contributed by atoms with van der Waals surface area (Å²) in [6.45, 7) is 3.39. The summed E-state index contributed by atoms with van der Waals surface area (Å²) in [4.78, 5) is 17.0. The minimum Gasteiger partial charge on any atom is -0.396 e. The number of carbonyl (C=O) groups excluding carboxylic acids is 1. The Hall–Kier alpha value is -1.90. The Morgan fingerprint density at radius 2 is 2.09 bits per heavy atom. The van der Waals surface area contributed by atoms with Crippen LogP contribution in [0, 0.1) is 17.2 Å². The standard InChI is InChI=1S/C18H23N3O2/c19-11-15-3-1-2-4-17(15)18(23)21-9-8-20(12-14-5-6-14)16(13-21)7-10-22/h1-4,14,16,22H,5-10,12-13H2. The smallest absolute Gasteiger partial charge is 0.255 e. The van der Waals surface area contributed by atoms with Crippen molar-refractivity contribution in [3.8, 4) is 6.07 Å². The number of carbonyl (C=O) groups is 1. The lowest BCUT2D eigenvalue weighted by atomic mass is 10.0. The molecule has 23 heavy (non-hydrogen) atoms. The van der Waals surface area contributed by atoms with Crippen molar-refractivity contribution in [3.63, 3.8) is 0 Å². The first-order valence-electron chi connectivity index (χ1n) is 8.36. The van der Waals surface area contributed by atoms with Crippen molar-refractivity contribution in [3.05, 3.63) is 35.4 Å². The maximum Gasteiger partial charge on any atom is 0.255 e. The third-order valence-electron chi connectivity index (χ3n) is 4.82. The predicted molar refractivity (Wildman–Crippen MR) is 86.8 cm³/mol. The van der Waals surface area contributed by atoms with Crippen LogP contribution in [0.15, 0.2) is 24.3 Å². The van der Waals surface area contributed by atoms with E-state index in [-0.39, 0.29) is 18.6 Å². The van der Waals surface area contributed by atoms with Crippen molar-refractivity contribution in [2.24, 2.45) is 5.92 Å². The lowest BCUT2D eigenvalue weighted by molar-refractivity contribution is 0.0407. The van der Waals surface area contributed by atoms with Gasteiger partial charge in [0.1, 0.15) is 0 Å². The first-order valence-corrected chi connectivity index (χ1v) is 8.36. The zero-order valence-corrected chi connectivity index (χ0v) is 13.3. The predicted octanol–water partition coefficient (Wildman–Crippen LogP) is 1.48. The molecule has 1 aromatic rings. The van der Waals surface area contributed by atoms with Crippen molar-refractivity contribution in [2.45, 2.75) is 25.3 Å². The molecule has 0 aromatic heterocycles. The van der Waals surface area contributed by atoms with Crippen molar-refractivity contribution in [1.29, 1.82) is 5.26 Å². The van der Waals surface area contributed by atoms with Gasteiger partial charge in [-0.05, 0) is 37.3 Å². The third-order valence-corrected chi connectivity index (χ3v) is 4.82. The number of hydrogen-bond donors (Lipinski definition) is 1. The van der Waals surface area contributed by atoms with Gasteiger partial charge in [0.2, 0.25) is 0 Å². The van der Waals surface area contributed by atoms with E-state index in [2.05, 4.69) is 11.0 Å². The van der Waals surface area contributed by atoms with Gasteiger partial charge in [0.15, 0.2) is 0 Å². The molecule has 5 nitrogen and oxygen atoms in total. The molecule has 0 bridgehead atoms. The van der Waals surface area contributed by atoms with Gasteiger partial charge in [-0.15, -0.1) is 0 Å². The zero-order chi connectivity index (χ0) is 16.2. The average molecular weight is 313 g/mol. The second-order valence-corrected chi connectivity index (χ2v) is 6.51. The number of piperazine rings is 1. The Balaban J connectivity index is 1.70. The van der Waals surface area contributed by atoms with Crippen LogP contribution >= 0.6 is 0 Å². The summed E-state index contributed by atoms with van der Waals surface area (Å²) < 4.78 is 0. The summed E-state index contributed by atoms with van der Waals surface area (Å²) in [5, 5.41) is 18.5. The SMILES string of the molecule is N#Cc1ccccc1C(=O)N1CCN(CC2CC2)C(CCO)C1. The summed E-state index contributed by atoms with van der Waals surface area (Å²) in [5.41, 5.74) is 0.907. The lowest BCUT2D eigenvalue weighted by Crippen LogP contribution is -2.55. The number of hydrogen-bond acceptors (Lipinski definition) is 4. The normalized spacial score (nSPS) is 21.9. The van der Waals surface area contributed by atoms with Crippen molar-refractivity contribution in [1.82, 2.24) is 9.80 Å². The molecule has 1 heterocycles. The summed E-state index contributed by atoms with van der Waals surface area (Å²) >= 11 is 0. The van der Waals surface area contributed by atoms with E-state index in [1.807, 2.05) is 4.90 Å². The van der Waals surface area contributed by atoms with Crippen LogP contribution in [-0.4, -0.2) is 59.6 Å². The van der Waals surface area contributed by atoms with Crippen LogP contribution in [0.2, 0.25) is 0 Å². The van der Waals surface area contributed by atoms with Gasteiger partial charge in [0.05, 0.1) is 17.2 Å². The highest BCUT2D eigenvalue weighted by molar-refractivity contribution is 5.96. The molecule has 1 atom stereocenters. The fourth-order valence-electron chi connectivity index (χ4n) is 3.31. The number of nitriles is 1. The van der Waals surface area contributed by atoms with E-state index in [1.54, 1.807) is 24.3 Å². The quantitative estimate of drug-likeness (QED) is 0.894. The van der Waals surface area contributed by atoms with Crippen molar-refractivity contribution in [2.75, 3.05) is 32.8 Å². The fourth-order valence-corrected chi connectivity index (χ4v) is 3.31. The van der Waals surface area contributed by atoms with Gasteiger partial charge in [0.25, 0.3) is 5.91 Å². The molecule has 1 aromatic carbocycles. The fraction of sp³-hybridized carbons (Fsp3) is 0.556. The second-order valence-electron chi connectivity index (χ2n) is 6.51. The minimum absolute atomic E-state index is 0.0730. The van der Waals surface area contributed by atoms with Gasteiger partial charge in [-0.2, -0.15) is 5.26 Å². The van der Waals surface area contributed by atoms with Crippen LogP contribution in [0.4, 0.5) is 0 Å². The molecule has 2 aliphatic rings. The van der Waals surface area contributed by atoms with Gasteiger partial charge in [-0.25, -0.2) is 0 Å². The largest absolute Gasteiger partial charge is 0.396 e. The third kappa shape index (κ3) is 3.72. The minimum atomic E-state index is -0.0730. The highest BCUT2D eigenvalue weighted by Crippen LogP contribution is 2.31. The van der Waals surface area contributed by atoms with Crippen LogP contribution in [0.5, 0.6) is 0 Å². The molecule has 5 heteroatoms. The van der Waals surface area contributed by atoms with E-state index in [0.717, 1.165) is 19.0 Å². The molecule has 1 saturated heterocycles. The second kappa shape index (κ2) is 7.12. The average Bonchev–Trinajstić information content (AvgIpc) is 3.40. The number of aliphatic hydroxyl groups excluding tert-OH is 1. The van der Waals surface area contributed by atoms with E-state index in [9.17, 15) is 15.2 Å². The van der Waals surface area contributed by atoms with Gasteiger partial charge >= 0.3 is 0 Å². The van der Waals surface area contributed by atoms with E-state index < -0.39 is 0 Å². The van der Waals surface area contributed by atoms with Crippen LogP contribution in [0.3, 0.4) is 0 Å². The number of amides is 1. The van der Waals surface area contributed by atoms with Crippen LogP contribution in [0.1, 0.15) is 35.2 Å². The number of benzene rings is 1. The number of nitrogens with zero attached hydrogens (tertiary/aromatic N) is 3. The van der Waals surface area contributed by atoms with Gasteiger partial charge in [-0.1, -0.05) is 12.1 Å². The molecule has 122 valence electrons. The van der Waals surface area contributed by atoms with Crippen LogP contribution in [0.25, 0.3) is 0 Å². The zero-order valence-electron chi connectivity index (χ0n) is 13.3. The number of aliphatic hydroxyl groups is 1. The molecule has 2 fully saturated rings. The first kappa shape index (κ1) is 16.0. The molecule has 1 saturated carbocycles. The molecule has 1 unspecified atom stereocenters. The molecular formula is C18H23N3O2. The maximum atomic E-state index is 12.8. The van der Waals surface area contributed by atoms with Crippen LogP contribution < -0.4 is 0 Å². The van der Waals surface area contributed by atoms with E-state index in [4.69, 9.17) is 0 Å². The summed E-state index contributed by atoms with van der Waals surface area (Å²) in [6.07, 6.45) is 3.30. The topological polar surface area (TPSA) is 67.6 Å². The molecule has 3 rings (SSSR count). The highest BCUT2D eigenvalue weighted by Gasteiger charge is 2.33. The molecular weight excluding hydrogens is 290 g/mol. The van der Waals surface area contributed by atoms with Crippen LogP contribution in [-0.2, 0) is 0 Å². The van der Waals surface area contributed by atoms with Crippen molar-refractivity contribution < 1.29 is 9.90 Å². The molecule has 0 spiro atoms. The Morgan fingerprint density at radius 3 is 2.78 bits per heavy atom.